The molecule has 1 N–H and O–H groups in total. The van der Waals surface area contributed by atoms with E-state index in [1.54, 1.807) is 0 Å². The van der Waals surface area contributed by atoms with Crippen molar-refractivity contribution in [2.24, 2.45) is 0 Å². The van der Waals surface area contributed by atoms with Gasteiger partial charge in [-0.3, -0.25) is 0 Å². The van der Waals surface area contributed by atoms with Gasteiger partial charge in [-0.15, -0.1) is 0 Å². The maximum absolute atomic E-state index is 9.19. The fourth-order valence-corrected chi connectivity index (χ4v) is 2.05. The van der Waals surface area contributed by atoms with Crippen LogP contribution in [0.1, 0.15) is 32.3 Å². The number of aromatic nitrogens is 1. The molecule has 2 rings (SSSR count). The number of fused-ring (bicyclic) bond motifs is 1. The van der Waals surface area contributed by atoms with Crippen molar-refractivity contribution in [1.82, 2.24) is 4.98 Å². The van der Waals surface area contributed by atoms with Crippen LogP contribution in [-0.2, 0) is 0 Å². The summed E-state index contributed by atoms with van der Waals surface area (Å²) < 4.78 is 0. The van der Waals surface area contributed by atoms with Gasteiger partial charge < -0.3 is 5.32 Å². The third-order valence-corrected chi connectivity index (χ3v) is 2.95. The molecule has 3 heteroatoms. The van der Waals surface area contributed by atoms with Gasteiger partial charge in [0.2, 0.25) is 0 Å². The zero-order valence-electron chi connectivity index (χ0n) is 10.8. The van der Waals surface area contributed by atoms with Crippen LogP contribution in [0.4, 0.5) is 5.82 Å². The van der Waals surface area contributed by atoms with Crippen LogP contribution in [0.5, 0.6) is 0 Å². The van der Waals surface area contributed by atoms with E-state index in [9.17, 15) is 5.26 Å². The summed E-state index contributed by atoms with van der Waals surface area (Å²) in [5, 5.41) is 13.5. The molecular weight excluding hydrogens is 222 g/mol. The maximum Gasteiger partial charge on any atom is 0.144 e. The summed E-state index contributed by atoms with van der Waals surface area (Å²) in [6.07, 6.45) is 2.18. The van der Waals surface area contributed by atoms with Gasteiger partial charge in [0.1, 0.15) is 11.9 Å². The summed E-state index contributed by atoms with van der Waals surface area (Å²) in [6, 6.07) is 12.3. The molecule has 0 bridgehead atoms. The Morgan fingerprint density at radius 2 is 2.17 bits per heavy atom. The first kappa shape index (κ1) is 12.4. The Morgan fingerprint density at radius 3 is 2.89 bits per heavy atom. The molecule has 0 amide bonds. The molecule has 0 aliphatic carbocycles. The topological polar surface area (TPSA) is 48.7 Å². The van der Waals surface area contributed by atoms with Crippen LogP contribution in [0.15, 0.2) is 30.3 Å². The van der Waals surface area contributed by atoms with E-state index in [4.69, 9.17) is 0 Å². The smallest absolute Gasteiger partial charge is 0.144 e. The van der Waals surface area contributed by atoms with Crippen molar-refractivity contribution < 1.29 is 0 Å². The van der Waals surface area contributed by atoms with Crippen molar-refractivity contribution in [3.63, 3.8) is 0 Å². The van der Waals surface area contributed by atoms with Crippen molar-refractivity contribution in [2.45, 2.75) is 32.7 Å². The van der Waals surface area contributed by atoms with Crippen molar-refractivity contribution in [3.8, 4) is 6.07 Å². The number of pyridine rings is 1. The molecule has 1 aromatic carbocycles. The highest BCUT2D eigenvalue weighted by Crippen LogP contribution is 2.20. The molecule has 18 heavy (non-hydrogen) atoms. The molecule has 92 valence electrons. The molecule has 0 fully saturated rings. The fourth-order valence-electron chi connectivity index (χ4n) is 2.05. The number of hydrogen-bond donors (Lipinski definition) is 1. The number of benzene rings is 1. The number of nitrogens with one attached hydrogen (secondary N) is 1. The monoisotopic (exact) mass is 239 g/mol. The minimum absolute atomic E-state index is 0.329. The van der Waals surface area contributed by atoms with Gasteiger partial charge in [-0.05, 0) is 25.5 Å². The Kier molecular flexibility index (Phi) is 3.78. The molecule has 1 aromatic heterocycles. The number of nitrogens with zero attached hydrogens (tertiary/aromatic N) is 2. The van der Waals surface area contributed by atoms with Gasteiger partial charge in [0, 0.05) is 11.4 Å². The Morgan fingerprint density at radius 1 is 1.39 bits per heavy atom. The third kappa shape index (κ3) is 2.60. The molecule has 3 nitrogen and oxygen atoms in total. The van der Waals surface area contributed by atoms with E-state index < -0.39 is 0 Å². The zero-order valence-corrected chi connectivity index (χ0v) is 10.8. The fraction of sp³-hybridized carbons (Fsp3) is 0.333. The van der Waals surface area contributed by atoms with Gasteiger partial charge in [-0.1, -0.05) is 31.5 Å². The van der Waals surface area contributed by atoms with Crippen LogP contribution in [0.25, 0.3) is 10.9 Å². The van der Waals surface area contributed by atoms with E-state index >= 15 is 0 Å². The van der Waals surface area contributed by atoms with E-state index in [0.29, 0.717) is 17.4 Å². The molecule has 0 spiro atoms. The van der Waals surface area contributed by atoms with Gasteiger partial charge >= 0.3 is 0 Å². The first-order valence-electron chi connectivity index (χ1n) is 6.31. The van der Waals surface area contributed by atoms with E-state index in [1.165, 1.54) is 0 Å². The lowest BCUT2D eigenvalue weighted by molar-refractivity contribution is 0.688. The molecule has 0 saturated carbocycles. The predicted molar refractivity (Wildman–Crippen MR) is 74.5 cm³/mol. The van der Waals surface area contributed by atoms with Gasteiger partial charge in [-0.25, -0.2) is 4.98 Å². The highest BCUT2D eigenvalue weighted by Gasteiger charge is 2.08. The first-order chi connectivity index (χ1) is 8.74. The SMILES string of the molecule is CCCC(C)Nc1nc2ccccc2cc1C#N. The van der Waals surface area contributed by atoms with Gasteiger partial charge in [-0.2, -0.15) is 5.26 Å². The molecule has 1 atom stereocenters. The second-order valence-corrected chi connectivity index (χ2v) is 4.52. The molecule has 0 aliphatic rings. The highest BCUT2D eigenvalue weighted by molar-refractivity contribution is 5.82. The standard InChI is InChI=1S/C15H17N3/c1-3-6-11(2)17-15-13(10-16)9-12-7-4-5-8-14(12)18-15/h4-5,7-9,11H,3,6H2,1-2H3,(H,17,18). The molecule has 1 unspecified atom stereocenters. The van der Waals surface area contributed by atoms with Crippen LogP contribution < -0.4 is 5.32 Å². The van der Waals surface area contributed by atoms with Crippen molar-refractivity contribution in [1.29, 1.82) is 5.26 Å². The molecule has 1 heterocycles. The number of rotatable bonds is 4. The van der Waals surface area contributed by atoms with E-state index in [0.717, 1.165) is 23.7 Å². The summed E-state index contributed by atoms with van der Waals surface area (Å²) >= 11 is 0. The zero-order chi connectivity index (χ0) is 13.0. The molecule has 0 radical (unpaired) electrons. The summed E-state index contributed by atoms with van der Waals surface area (Å²) in [5.41, 5.74) is 1.53. The van der Waals surface area contributed by atoms with Gasteiger partial charge in [0.25, 0.3) is 0 Å². The molecule has 0 saturated heterocycles. The van der Waals surface area contributed by atoms with Crippen LogP contribution in [0.3, 0.4) is 0 Å². The number of anilines is 1. The predicted octanol–water partition coefficient (Wildman–Crippen LogP) is 3.71. The van der Waals surface area contributed by atoms with Crippen LogP contribution in [0.2, 0.25) is 0 Å². The Balaban J connectivity index is 2.39. The van der Waals surface area contributed by atoms with Crippen LogP contribution in [0, 0.1) is 11.3 Å². The molecule has 2 aromatic rings. The van der Waals surface area contributed by atoms with Crippen LogP contribution in [-0.4, -0.2) is 11.0 Å². The summed E-state index contributed by atoms with van der Waals surface area (Å²) in [4.78, 5) is 4.53. The second-order valence-electron chi connectivity index (χ2n) is 4.52. The highest BCUT2D eigenvalue weighted by atomic mass is 15.0. The number of hydrogen-bond acceptors (Lipinski definition) is 3. The summed E-state index contributed by atoms with van der Waals surface area (Å²) in [7, 11) is 0. The Bertz CT molecular complexity index is 584. The van der Waals surface area contributed by atoms with Crippen molar-refractivity contribution >= 4 is 16.7 Å². The molecular formula is C15H17N3. The average molecular weight is 239 g/mol. The summed E-state index contributed by atoms with van der Waals surface area (Å²) in [5.74, 6) is 0.692. The van der Waals surface area contributed by atoms with E-state index in [1.807, 2.05) is 30.3 Å². The second kappa shape index (κ2) is 5.50. The third-order valence-electron chi connectivity index (χ3n) is 2.95. The van der Waals surface area contributed by atoms with E-state index in [2.05, 4.69) is 30.2 Å². The quantitative estimate of drug-likeness (QED) is 0.884. The summed E-state index contributed by atoms with van der Waals surface area (Å²) in [6.45, 7) is 4.26. The Labute approximate surface area is 107 Å². The maximum atomic E-state index is 9.19. The van der Waals surface area contributed by atoms with Crippen LogP contribution >= 0.6 is 0 Å². The lowest BCUT2D eigenvalue weighted by atomic mass is 10.1. The van der Waals surface area contributed by atoms with Crippen molar-refractivity contribution in [3.05, 3.63) is 35.9 Å². The largest absolute Gasteiger partial charge is 0.367 e. The first-order valence-corrected chi connectivity index (χ1v) is 6.31. The number of para-hydroxylation sites is 1. The lowest BCUT2D eigenvalue weighted by Gasteiger charge is -2.15. The van der Waals surface area contributed by atoms with E-state index in [-0.39, 0.29) is 0 Å². The average Bonchev–Trinajstić information content (AvgIpc) is 2.38. The number of nitriles is 1. The van der Waals surface area contributed by atoms with Gasteiger partial charge in [0.15, 0.2) is 0 Å². The normalized spacial score (nSPS) is 12.1. The lowest BCUT2D eigenvalue weighted by Crippen LogP contribution is -2.16. The Hall–Kier alpha value is -2.08. The molecule has 0 aliphatic heterocycles. The van der Waals surface area contributed by atoms with Crippen molar-refractivity contribution in [2.75, 3.05) is 5.32 Å². The minimum Gasteiger partial charge on any atom is -0.367 e. The minimum atomic E-state index is 0.329. The van der Waals surface area contributed by atoms with Gasteiger partial charge in [0.05, 0.1) is 11.1 Å².